The second kappa shape index (κ2) is 9.01. The van der Waals surface area contributed by atoms with Crippen LogP contribution >= 0.6 is 0 Å². The molecule has 3 nitrogen and oxygen atoms in total. The number of ether oxygens (including phenoxy) is 1. The van der Waals surface area contributed by atoms with Crippen LogP contribution in [0.1, 0.15) is 56.1 Å². The van der Waals surface area contributed by atoms with Gasteiger partial charge in [0.15, 0.2) is 5.60 Å². The fourth-order valence-electron chi connectivity index (χ4n) is 3.69. The quantitative estimate of drug-likeness (QED) is 0.725. The molecule has 1 aliphatic carbocycles. The van der Waals surface area contributed by atoms with Crippen molar-refractivity contribution in [2.45, 2.75) is 56.7 Å². The van der Waals surface area contributed by atoms with Crippen molar-refractivity contribution in [1.82, 2.24) is 0 Å². The summed E-state index contributed by atoms with van der Waals surface area (Å²) >= 11 is 0. The lowest BCUT2D eigenvalue weighted by molar-refractivity contribution is -0.168. The first-order chi connectivity index (χ1) is 13.1. The monoisotopic (exact) mass is 364 g/mol. The average molecular weight is 364 g/mol. The van der Waals surface area contributed by atoms with Crippen LogP contribution in [-0.4, -0.2) is 22.8 Å². The van der Waals surface area contributed by atoms with E-state index in [0.29, 0.717) is 0 Å². The number of benzene rings is 2. The highest BCUT2D eigenvalue weighted by molar-refractivity contribution is 5.83. The minimum atomic E-state index is -1.60. The van der Waals surface area contributed by atoms with Gasteiger partial charge in [0.05, 0.1) is 0 Å². The second-order valence-electron chi connectivity index (χ2n) is 7.27. The minimum absolute atomic E-state index is 0.183. The number of rotatable bonds is 6. The summed E-state index contributed by atoms with van der Waals surface area (Å²) < 4.78 is 5.86. The van der Waals surface area contributed by atoms with Crippen molar-refractivity contribution >= 4 is 12.0 Å². The molecule has 1 fully saturated rings. The van der Waals surface area contributed by atoms with Gasteiger partial charge >= 0.3 is 5.97 Å². The number of hydrogen-bond acceptors (Lipinski definition) is 3. The molecule has 2 aromatic rings. The Morgan fingerprint density at radius 2 is 1.70 bits per heavy atom. The van der Waals surface area contributed by atoms with Gasteiger partial charge in [-0.15, -0.1) is 0 Å². The SMILES string of the molecule is CC[C@@](O)(C=Cc1ccccc1)C(=O)O[C@@H]1CCCC[C@H]1c1ccccc1. The van der Waals surface area contributed by atoms with Crippen molar-refractivity contribution in [3.63, 3.8) is 0 Å². The molecule has 0 aromatic heterocycles. The predicted octanol–water partition coefficient (Wildman–Crippen LogP) is 5.11. The normalized spacial score (nSPS) is 22.3. The van der Waals surface area contributed by atoms with Crippen LogP contribution in [0.5, 0.6) is 0 Å². The van der Waals surface area contributed by atoms with Crippen molar-refractivity contribution in [2.75, 3.05) is 0 Å². The zero-order chi connectivity index (χ0) is 19.1. The maximum absolute atomic E-state index is 12.8. The molecular weight excluding hydrogens is 336 g/mol. The molecule has 0 saturated heterocycles. The first kappa shape index (κ1) is 19.4. The molecule has 3 atom stereocenters. The summed E-state index contributed by atoms with van der Waals surface area (Å²) in [6.45, 7) is 1.80. The fourth-order valence-corrected chi connectivity index (χ4v) is 3.69. The first-order valence-electron chi connectivity index (χ1n) is 9.85. The van der Waals surface area contributed by atoms with Crippen LogP contribution in [0.15, 0.2) is 66.7 Å². The maximum atomic E-state index is 12.8. The van der Waals surface area contributed by atoms with E-state index in [0.717, 1.165) is 31.2 Å². The number of carbonyl (C=O) groups excluding carboxylic acids is 1. The third-order valence-corrected chi connectivity index (χ3v) is 5.43. The van der Waals surface area contributed by atoms with Crippen molar-refractivity contribution in [3.05, 3.63) is 77.9 Å². The Bertz CT molecular complexity index is 754. The van der Waals surface area contributed by atoms with Crippen LogP contribution < -0.4 is 0 Å². The van der Waals surface area contributed by atoms with Gasteiger partial charge in [-0.3, -0.25) is 0 Å². The molecule has 1 N–H and O–H groups in total. The van der Waals surface area contributed by atoms with Gasteiger partial charge in [0.1, 0.15) is 6.10 Å². The summed E-state index contributed by atoms with van der Waals surface area (Å²) in [7, 11) is 0. The van der Waals surface area contributed by atoms with E-state index in [1.165, 1.54) is 5.56 Å². The summed E-state index contributed by atoms with van der Waals surface area (Å²) in [4.78, 5) is 12.8. The van der Waals surface area contributed by atoms with E-state index in [-0.39, 0.29) is 18.4 Å². The van der Waals surface area contributed by atoms with Crippen LogP contribution in [0.3, 0.4) is 0 Å². The molecule has 142 valence electrons. The third-order valence-electron chi connectivity index (χ3n) is 5.43. The molecule has 1 saturated carbocycles. The average Bonchev–Trinajstić information content (AvgIpc) is 2.73. The van der Waals surface area contributed by atoms with Gasteiger partial charge in [-0.05, 0) is 42.9 Å². The van der Waals surface area contributed by atoms with E-state index < -0.39 is 11.6 Å². The highest BCUT2D eigenvalue weighted by atomic mass is 16.6. The summed E-state index contributed by atoms with van der Waals surface area (Å²) in [5.41, 5.74) is 0.543. The highest BCUT2D eigenvalue weighted by Crippen LogP contribution is 2.36. The van der Waals surface area contributed by atoms with Gasteiger partial charge < -0.3 is 9.84 Å². The van der Waals surface area contributed by atoms with Crippen molar-refractivity contribution < 1.29 is 14.6 Å². The zero-order valence-electron chi connectivity index (χ0n) is 15.9. The summed E-state index contributed by atoms with van der Waals surface area (Å²) in [5.74, 6) is -0.354. The smallest absolute Gasteiger partial charge is 0.342 e. The number of carbonyl (C=O) groups is 1. The molecule has 3 rings (SSSR count). The molecule has 0 spiro atoms. The molecule has 0 aliphatic heterocycles. The van der Waals surface area contributed by atoms with Crippen LogP contribution in [-0.2, 0) is 9.53 Å². The van der Waals surface area contributed by atoms with Gasteiger partial charge in [-0.2, -0.15) is 0 Å². The molecule has 2 aromatic carbocycles. The number of aliphatic hydroxyl groups is 1. The number of hydrogen-bond donors (Lipinski definition) is 1. The Balaban J connectivity index is 1.73. The highest BCUT2D eigenvalue weighted by Gasteiger charge is 2.37. The van der Waals surface area contributed by atoms with Gasteiger partial charge in [0, 0.05) is 5.92 Å². The van der Waals surface area contributed by atoms with Crippen LogP contribution in [0.2, 0.25) is 0 Å². The van der Waals surface area contributed by atoms with E-state index >= 15 is 0 Å². The lowest BCUT2D eigenvalue weighted by Crippen LogP contribution is -2.41. The standard InChI is InChI=1S/C24H28O3/c1-2-24(26,18-17-19-11-5-3-6-12-19)23(25)27-22-16-10-9-15-21(22)20-13-7-4-8-14-20/h3-8,11-14,17-18,21-22,26H,2,9-10,15-16H2,1H3/t21-,22+,24+/m0/s1. The Hall–Kier alpha value is -2.39. The topological polar surface area (TPSA) is 46.5 Å². The molecule has 27 heavy (non-hydrogen) atoms. The minimum Gasteiger partial charge on any atom is -0.459 e. The summed E-state index contributed by atoms with van der Waals surface area (Å²) in [5, 5.41) is 10.9. The van der Waals surface area contributed by atoms with Gasteiger partial charge in [-0.25, -0.2) is 4.79 Å². The Morgan fingerprint density at radius 1 is 1.07 bits per heavy atom. The van der Waals surface area contributed by atoms with Crippen LogP contribution in [0, 0.1) is 0 Å². The van der Waals surface area contributed by atoms with Crippen molar-refractivity contribution in [2.24, 2.45) is 0 Å². The Kier molecular flexibility index (Phi) is 6.46. The van der Waals surface area contributed by atoms with Crippen LogP contribution in [0.25, 0.3) is 6.08 Å². The Morgan fingerprint density at radius 3 is 2.37 bits per heavy atom. The second-order valence-corrected chi connectivity index (χ2v) is 7.27. The molecular formula is C24H28O3. The first-order valence-corrected chi connectivity index (χ1v) is 9.85. The molecule has 0 heterocycles. The summed E-state index contributed by atoms with van der Waals surface area (Å²) in [6, 6.07) is 19.9. The molecule has 0 amide bonds. The molecule has 1 aliphatic rings. The van der Waals surface area contributed by atoms with Gasteiger partial charge in [-0.1, -0.05) is 80.1 Å². The fraction of sp³-hybridized carbons (Fsp3) is 0.375. The lowest BCUT2D eigenvalue weighted by atomic mass is 9.81. The summed E-state index contributed by atoms with van der Waals surface area (Å²) in [6.07, 6.45) is 7.46. The molecule has 0 bridgehead atoms. The largest absolute Gasteiger partial charge is 0.459 e. The lowest BCUT2D eigenvalue weighted by Gasteiger charge is -2.33. The van der Waals surface area contributed by atoms with E-state index in [1.807, 2.05) is 48.5 Å². The van der Waals surface area contributed by atoms with E-state index in [1.54, 1.807) is 19.1 Å². The molecule has 3 heteroatoms. The number of esters is 1. The zero-order valence-corrected chi connectivity index (χ0v) is 15.9. The van der Waals surface area contributed by atoms with Gasteiger partial charge in [0.2, 0.25) is 0 Å². The molecule has 0 unspecified atom stereocenters. The van der Waals surface area contributed by atoms with Crippen molar-refractivity contribution in [3.8, 4) is 0 Å². The van der Waals surface area contributed by atoms with E-state index in [2.05, 4.69) is 12.1 Å². The van der Waals surface area contributed by atoms with Crippen LogP contribution in [0.4, 0.5) is 0 Å². The van der Waals surface area contributed by atoms with E-state index in [9.17, 15) is 9.90 Å². The van der Waals surface area contributed by atoms with E-state index in [4.69, 9.17) is 4.74 Å². The molecule has 0 radical (unpaired) electrons. The predicted molar refractivity (Wildman–Crippen MR) is 108 cm³/mol. The third kappa shape index (κ3) is 4.86. The van der Waals surface area contributed by atoms with Gasteiger partial charge in [0.25, 0.3) is 0 Å². The van der Waals surface area contributed by atoms with Crippen molar-refractivity contribution in [1.29, 1.82) is 0 Å². The Labute approximate surface area is 161 Å². The maximum Gasteiger partial charge on any atom is 0.342 e.